The molecule has 0 unspecified atom stereocenters. The molecule has 0 atom stereocenters. The van der Waals surface area contributed by atoms with Gasteiger partial charge in [0, 0.05) is 36.7 Å². The maximum absolute atomic E-state index is 12.9. The fourth-order valence-electron chi connectivity index (χ4n) is 2.34. The molecule has 1 amide bonds. The number of benzene rings is 2. The Bertz CT molecular complexity index is 1000. The quantitative estimate of drug-likeness (QED) is 0.649. The number of rotatable bonds is 7. The van der Waals surface area contributed by atoms with Crippen molar-refractivity contribution in [3.05, 3.63) is 78.6 Å². The van der Waals surface area contributed by atoms with Crippen LogP contribution in [0, 0.1) is 5.82 Å². The van der Waals surface area contributed by atoms with Crippen molar-refractivity contribution >= 4 is 21.6 Å². The summed E-state index contributed by atoms with van der Waals surface area (Å²) < 4.78 is 41.7. The lowest BCUT2D eigenvalue weighted by Gasteiger charge is -2.09. The lowest BCUT2D eigenvalue weighted by Crippen LogP contribution is -2.26. The Hall–Kier alpha value is -3.20. The minimum absolute atomic E-state index is 0.0507. The molecule has 0 spiro atoms. The van der Waals surface area contributed by atoms with Gasteiger partial charge < -0.3 is 9.88 Å². The van der Waals surface area contributed by atoms with E-state index in [-0.39, 0.29) is 10.8 Å². The Morgan fingerprint density at radius 1 is 1.07 bits per heavy atom. The molecule has 1 heterocycles. The van der Waals surface area contributed by atoms with Crippen LogP contribution in [0.4, 0.5) is 10.1 Å². The van der Waals surface area contributed by atoms with Crippen molar-refractivity contribution in [3.8, 4) is 0 Å². The van der Waals surface area contributed by atoms with Gasteiger partial charge in [-0.05, 0) is 48.5 Å². The van der Waals surface area contributed by atoms with Gasteiger partial charge in [-0.25, -0.2) is 17.8 Å². The van der Waals surface area contributed by atoms with Gasteiger partial charge in [-0.15, -0.1) is 0 Å². The van der Waals surface area contributed by atoms with Gasteiger partial charge in [0.05, 0.1) is 11.2 Å². The Morgan fingerprint density at radius 3 is 2.41 bits per heavy atom. The summed E-state index contributed by atoms with van der Waals surface area (Å²) >= 11 is 0. The highest BCUT2D eigenvalue weighted by Gasteiger charge is 2.14. The summed E-state index contributed by atoms with van der Waals surface area (Å²) in [4.78, 5) is 16.0. The van der Waals surface area contributed by atoms with E-state index in [1.54, 1.807) is 18.7 Å². The first-order valence-electron chi connectivity index (χ1n) is 8.06. The minimum atomic E-state index is -3.83. The van der Waals surface area contributed by atoms with E-state index in [1.165, 1.54) is 36.4 Å². The standard InChI is InChI=1S/C18H17FN4O3S/c19-15-3-7-17(8-4-15)27(25,26)22-16-5-1-14(2-6-16)18(24)21-10-12-23-11-9-20-13-23/h1-9,11,13,22H,10,12H2,(H,21,24). The van der Waals surface area contributed by atoms with Crippen LogP contribution in [0.25, 0.3) is 0 Å². The van der Waals surface area contributed by atoms with Gasteiger partial charge in [-0.1, -0.05) is 0 Å². The molecule has 0 saturated heterocycles. The van der Waals surface area contributed by atoms with Gasteiger partial charge in [-0.2, -0.15) is 0 Å². The maximum Gasteiger partial charge on any atom is 0.261 e. The first-order chi connectivity index (χ1) is 12.9. The van der Waals surface area contributed by atoms with Gasteiger partial charge in [0.15, 0.2) is 0 Å². The molecule has 27 heavy (non-hydrogen) atoms. The summed E-state index contributed by atoms with van der Waals surface area (Å²) in [5, 5.41) is 2.77. The zero-order valence-corrected chi connectivity index (χ0v) is 15.0. The molecular formula is C18H17FN4O3S. The Labute approximate surface area is 155 Å². The van der Waals surface area contributed by atoms with Crippen LogP contribution in [0.1, 0.15) is 10.4 Å². The molecule has 9 heteroatoms. The van der Waals surface area contributed by atoms with Crippen molar-refractivity contribution in [2.45, 2.75) is 11.4 Å². The number of halogens is 1. The van der Waals surface area contributed by atoms with Crippen LogP contribution in [0.3, 0.4) is 0 Å². The molecule has 0 saturated carbocycles. The molecule has 0 aliphatic rings. The van der Waals surface area contributed by atoms with Crippen LogP contribution < -0.4 is 10.0 Å². The highest BCUT2D eigenvalue weighted by atomic mass is 32.2. The van der Waals surface area contributed by atoms with E-state index in [2.05, 4.69) is 15.0 Å². The van der Waals surface area contributed by atoms with Gasteiger partial charge >= 0.3 is 0 Å². The van der Waals surface area contributed by atoms with Gasteiger partial charge in [-0.3, -0.25) is 9.52 Å². The summed E-state index contributed by atoms with van der Waals surface area (Å²) in [5.74, 6) is -0.777. The fourth-order valence-corrected chi connectivity index (χ4v) is 3.40. The lowest BCUT2D eigenvalue weighted by molar-refractivity contribution is 0.0952. The van der Waals surface area contributed by atoms with E-state index in [0.717, 1.165) is 12.1 Å². The van der Waals surface area contributed by atoms with Crippen LogP contribution in [0.2, 0.25) is 0 Å². The lowest BCUT2D eigenvalue weighted by atomic mass is 10.2. The molecule has 0 radical (unpaired) electrons. The van der Waals surface area contributed by atoms with Crippen molar-refractivity contribution in [1.29, 1.82) is 0 Å². The summed E-state index contributed by atoms with van der Waals surface area (Å²) in [7, 11) is -3.83. The second-order valence-electron chi connectivity index (χ2n) is 5.69. The van der Waals surface area contributed by atoms with Gasteiger partial charge in [0.1, 0.15) is 5.82 Å². The van der Waals surface area contributed by atoms with Crippen molar-refractivity contribution < 1.29 is 17.6 Å². The number of sulfonamides is 1. The molecule has 7 nitrogen and oxygen atoms in total. The van der Waals surface area contributed by atoms with E-state index in [9.17, 15) is 17.6 Å². The van der Waals surface area contributed by atoms with E-state index >= 15 is 0 Å². The van der Waals surface area contributed by atoms with Crippen molar-refractivity contribution in [2.24, 2.45) is 0 Å². The summed E-state index contributed by atoms with van der Waals surface area (Å²) in [6, 6.07) is 10.5. The number of imidazole rings is 1. The number of hydrogen-bond donors (Lipinski definition) is 2. The summed E-state index contributed by atoms with van der Waals surface area (Å²) in [5.41, 5.74) is 0.708. The molecule has 1 aromatic heterocycles. The van der Waals surface area contributed by atoms with Crippen LogP contribution in [0.15, 0.2) is 72.1 Å². The van der Waals surface area contributed by atoms with E-state index in [1.807, 2.05) is 4.57 Å². The van der Waals surface area contributed by atoms with Crippen molar-refractivity contribution in [2.75, 3.05) is 11.3 Å². The average Bonchev–Trinajstić information content (AvgIpc) is 3.16. The topological polar surface area (TPSA) is 93.1 Å². The smallest absolute Gasteiger partial charge is 0.261 e. The Balaban J connectivity index is 1.59. The van der Waals surface area contributed by atoms with Crippen LogP contribution in [-0.4, -0.2) is 30.4 Å². The summed E-state index contributed by atoms with van der Waals surface area (Å²) in [6.45, 7) is 1.04. The molecular weight excluding hydrogens is 371 g/mol. The highest BCUT2D eigenvalue weighted by Crippen LogP contribution is 2.17. The van der Waals surface area contributed by atoms with Crippen LogP contribution >= 0.6 is 0 Å². The van der Waals surface area contributed by atoms with Crippen LogP contribution in [0.5, 0.6) is 0 Å². The molecule has 2 N–H and O–H groups in total. The second-order valence-corrected chi connectivity index (χ2v) is 7.38. The zero-order chi connectivity index (χ0) is 19.3. The van der Waals surface area contributed by atoms with Gasteiger partial charge in [0.2, 0.25) is 0 Å². The zero-order valence-electron chi connectivity index (χ0n) is 14.2. The molecule has 0 fully saturated rings. The predicted octanol–water partition coefficient (Wildman–Crippen LogP) is 2.25. The third-order valence-electron chi connectivity index (χ3n) is 3.74. The molecule has 0 aliphatic carbocycles. The molecule has 3 rings (SSSR count). The number of carbonyl (C=O) groups is 1. The number of nitrogens with zero attached hydrogens (tertiary/aromatic N) is 2. The monoisotopic (exact) mass is 388 g/mol. The number of hydrogen-bond acceptors (Lipinski definition) is 4. The average molecular weight is 388 g/mol. The highest BCUT2D eigenvalue weighted by molar-refractivity contribution is 7.92. The third kappa shape index (κ3) is 4.91. The van der Waals surface area contributed by atoms with Crippen molar-refractivity contribution in [3.63, 3.8) is 0 Å². The number of amides is 1. The van der Waals surface area contributed by atoms with Gasteiger partial charge in [0.25, 0.3) is 15.9 Å². The molecule has 3 aromatic rings. The number of carbonyl (C=O) groups excluding carboxylic acids is 1. The fraction of sp³-hybridized carbons (Fsp3) is 0.111. The number of anilines is 1. The Kier molecular flexibility index (Phi) is 5.51. The normalized spacial score (nSPS) is 11.1. The summed E-state index contributed by atoms with van der Waals surface area (Å²) in [6.07, 6.45) is 5.12. The molecule has 0 bridgehead atoms. The van der Waals surface area contributed by atoms with Crippen LogP contribution in [-0.2, 0) is 16.6 Å². The second kappa shape index (κ2) is 8.00. The van der Waals surface area contributed by atoms with E-state index < -0.39 is 15.8 Å². The molecule has 2 aromatic carbocycles. The first kappa shape index (κ1) is 18.6. The Morgan fingerprint density at radius 2 is 1.78 bits per heavy atom. The van der Waals surface area contributed by atoms with Crippen molar-refractivity contribution in [1.82, 2.24) is 14.9 Å². The number of aromatic nitrogens is 2. The largest absolute Gasteiger partial charge is 0.350 e. The maximum atomic E-state index is 12.9. The SMILES string of the molecule is O=C(NCCn1ccnc1)c1ccc(NS(=O)(=O)c2ccc(F)cc2)cc1. The minimum Gasteiger partial charge on any atom is -0.350 e. The third-order valence-corrected chi connectivity index (χ3v) is 5.14. The first-order valence-corrected chi connectivity index (χ1v) is 9.55. The van der Waals surface area contributed by atoms with E-state index in [4.69, 9.17) is 0 Å². The van der Waals surface area contributed by atoms with E-state index in [0.29, 0.717) is 24.3 Å². The predicted molar refractivity (Wildman–Crippen MR) is 98.2 cm³/mol. The molecule has 0 aliphatic heterocycles. The number of nitrogens with one attached hydrogen (secondary N) is 2. The molecule has 140 valence electrons.